The van der Waals surface area contributed by atoms with E-state index >= 15 is 0 Å². The van der Waals surface area contributed by atoms with Gasteiger partial charge in [0.1, 0.15) is 22.8 Å². The Morgan fingerprint density at radius 3 is 3.00 bits per heavy atom. The Morgan fingerprint density at radius 1 is 1.12 bits per heavy atom. The van der Waals surface area contributed by atoms with Gasteiger partial charge in [-0.3, -0.25) is 0 Å². The maximum atomic E-state index is 4.65. The lowest BCUT2D eigenvalue weighted by Gasteiger charge is -2.12. The van der Waals surface area contributed by atoms with E-state index in [-0.39, 0.29) is 0 Å². The first-order valence-electron chi connectivity index (χ1n) is 9.31. The second-order valence-electron chi connectivity index (χ2n) is 6.84. The van der Waals surface area contributed by atoms with E-state index in [1.807, 2.05) is 29.5 Å². The van der Waals surface area contributed by atoms with Crippen LogP contribution in [0.1, 0.15) is 35.5 Å². The highest BCUT2D eigenvalue weighted by atomic mass is 32.1. The third kappa shape index (κ3) is 2.84. The topological polar surface area (TPSA) is 66.5 Å². The Balaban J connectivity index is 1.29. The fourth-order valence-corrected chi connectivity index (χ4v) is 5.04. The first-order valence-corrected chi connectivity index (χ1v) is 10.1. The minimum Gasteiger partial charge on any atom is -0.369 e. The maximum absolute atomic E-state index is 4.65. The molecule has 0 amide bonds. The number of nitrogens with one attached hydrogen (secondary N) is 2. The molecule has 0 bridgehead atoms. The normalized spacial score (nSPS) is 14.0. The Kier molecular flexibility index (Phi) is 4.05. The zero-order valence-electron chi connectivity index (χ0n) is 14.6. The molecule has 0 saturated carbocycles. The highest BCUT2D eigenvalue weighted by Crippen LogP contribution is 2.38. The van der Waals surface area contributed by atoms with E-state index in [4.69, 9.17) is 0 Å². The minimum atomic E-state index is 0.883. The van der Waals surface area contributed by atoms with Crippen LogP contribution in [0, 0.1) is 0 Å². The summed E-state index contributed by atoms with van der Waals surface area (Å²) in [5.41, 5.74) is 3.63. The molecule has 0 spiro atoms. The quantitative estimate of drug-likeness (QED) is 0.513. The predicted molar refractivity (Wildman–Crippen MR) is 107 cm³/mol. The maximum Gasteiger partial charge on any atom is 0.138 e. The highest BCUT2D eigenvalue weighted by Gasteiger charge is 2.19. The Bertz CT molecular complexity index is 1030. The van der Waals surface area contributed by atoms with E-state index in [1.54, 1.807) is 6.33 Å². The van der Waals surface area contributed by atoms with Gasteiger partial charge in [-0.15, -0.1) is 11.3 Å². The predicted octanol–water partition coefficient (Wildman–Crippen LogP) is 4.49. The number of aromatic nitrogens is 4. The molecule has 1 aliphatic rings. The first-order chi connectivity index (χ1) is 12.9. The van der Waals surface area contributed by atoms with E-state index < -0.39 is 0 Å². The summed E-state index contributed by atoms with van der Waals surface area (Å²) in [6.45, 7) is 0.883. The van der Waals surface area contributed by atoms with Gasteiger partial charge in [0.2, 0.25) is 0 Å². The standard InChI is InChI=1S/C20H21N5S/c1-4-9-16-13(6-1)18-19(22-12-23-20(18)26-16)21-11-5-10-17-24-14-7-2-3-8-15(14)25-17/h2-3,7-8,12H,1,4-6,9-11H2,(H,24,25)(H,21,22,23). The molecule has 5 nitrogen and oxygen atoms in total. The molecule has 0 aliphatic heterocycles. The van der Waals surface area contributed by atoms with Crippen molar-refractivity contribution in [3.8, 4) is 0 Å². The van der Waals surface area contributed by atoms with E-state index in [1.165, 1.54) is 35.1 Å². The van der Waals surface area contributed by atoms with Crippen LogP contribution in [0.15, 0.2) is 30.6 Å². The number of H-pyrrole nitrogens is 1. The van der Waals surface area contributed by atoms with Crippen molar-refractivity contribution < 1.29 is 0 Å². The number of nitrogens with zero attached hydrogens (tertiary/aromatic N) is 3. The lowest BCUT2D eigenvalue weighted by atomic mass is 9.97. The monoisotopic (exact) mass is 363 g/mol. The lowest BCUT2D eigenvalue weighted by Crippen LogP contribution is -2.07. The summed E-state index contributed by atoms with van der Waals surface area (Å²) in [6, 6.07) is 8.18. The molecule has 1 aromatic carbocycles. The first kappa shape index (κ1) is 15.8. The van der Waals surface area contributed by atoms with Gasteiger partial charge in [-0.05, 0) is 49.8 Å². The Morgan fingerprint density at radius 2 is 2.04 bits per heavy atom. The van der Waals surface area contributed by atoms with Crippen LogP contribution in [-0.4, -0.2) is 26.5 Å². The number of thiophene rings is 1. The van der Waals surface area contributed by atoms with Crippen molar-refractivity contribution >= 4 is 38.4 Å². The van der Waals surface area contributed by atoms with Crippen molar-refractivity contribution in [2.24, 2.45) is 0 Å². The summed E-state index contributed by atoms with van der Waals surface area (Å²) >= 11 is 1.85. The number of benzene rings is 1. The third-order valence-corrected chi connectivity index (χ3v) is 6.27. The fourth-order valence-electron chi connectivity index (χ4n) is 3.81. The molecule has 5 rings (SSSR count). The van der Waals surface area contributed by atoms with Crippen molar-refractivity contribution in [1.82, 2.24) is 19.9 Å². The van der Waals surface area contributed by atoms with Crippen LogP contribution in [0.4, 0.5) is 5.82 Å². The summed E-state index contributed by atoms with van der Waals surface area (Å²) in [5, 5.41) is 4.80. The molecule has 0 radical (unpaired) electrons. The lowest BCUT2D eigenvalue weighted by molar-refractivity contribution is 0.700. The molecule has 26 heavy (non-hydrogen) atoms. The fraction of sp³-hybridized carbons (Fsp3) is 0.350. The van der Waals surface area contributed by atoms with E-state index in [0.717, 1.165) is 53.3 Å². The number of aromatic amines is 1. The molecular weight excluding hydrogens is 342 g/mol. The Hall–Kier alpha value is -2.47. The summed E-state index contributed by atoms with van der Waals surface area (Å²) < 4.78 is 0. The smallest absolute Gasteiger partial charge is 0.138 e. The molecule has 4 aromatic rings. The van der Waals surface area contributed by atoms with Gasteiger partial charge in [0.05, 0.1) is 16.4 Å². The number of imidazole rings is 1. The van der Waals surface area contributed by atoms with Crippen molar-refractivity contribution in [2.45, 2.75) is 38.5 Å². The Labute approximate surface area is 155 Å². The molecule has 6 heteroatoms. The average Bonchev–Trinajstić information content (AvgIpc) is 3.26. The summed E-state index contributed by atoms with van der Waals surface area (Å²) in [5.74, 6) is 2.05. The largest absolute Gasteiger partial charge is 0.369 e. The van der Waals surface area contributed by atoms with E-state index in [0.29, 0.717) is 0 Å². The van der Waals surface area contributed by atoms with Crippen molar-refractivity contribution in [2.75, 3.05) is 11.9 Å². The van der Waals surface area contributed by atoms with Gasteiger partial charge >= 0.3 is 0 Å². The summed E-state index contributed by atoms with van der Waals surface area (Å²) in [4.78, 5) is 19.7. The molecule has 1 aliphatic carbocycles. The molecule has 0 saturated heterocycles. The van der Waals surface area contributed by atoms with Gasteiger partial charge < -0.3 is 10.3 Å². The number of aryl methyl sites for hydroxylation is 3. The molecule has 2 N–H and O–H groups in total. The molecule has 3 heterocycles. The van der Waals surface area contributed by atoms with Crippen LogP contribution in [-0.2, 0) is 19.3 Å². The average molecular weight is 363 g/mol. The van der Waals surface area contributed by atoms with Gasteiger partial charge in [0.15, 0.2) is 0 Å². The summed E-state index contributed by atoms with van der Waals surface area (Å²) in [6.07, 6.45) is 8.56. The van der Waals surface area contributed by atoms with Gasteiger partial charge in [0, 0.05) is 17.8 Å². The van der Waals surface area contributed by atoms with Crippen LogP contribution in [0.3, 0.4) is 0 Å². The van der Waals surface area contributed by atoms with E-state index in [9.17, 15) is 0 Å². The van der Waals surface area contributed by atoms with Gasteiger partial charge in [-0.2, -0.15) is 0 Å². The number of rotatable bonds is 5. The second kappa shape index (κ2) is 6.68. The molecule has 0 unspecified atom stereocenters. The van der Waals surface area contributed by atoms with Crippen molar-refractivity contribution in [3.63, 3.8) is 0 Å². The number of fused-ring (bicyclic) bond motifs is 4. The molecular formula is C20H21N5S. The summed E-state index contributed by atoms with van der Waals surface area (Å²) in [7, 11) is 0. The SMILES string of the molecule is c1ccc2[nH]c(CCCNc3ncnc4sc5c(c34)CCCC5)nc2c1. The second-order valence-corrected chi connectivity index (χ2v) is 7.93. The van der Waals surface area contributed by atoms with Gasteiger partial charge in [0.25, 0.3) is 0 Å². The van der Waals surface area contributed by atoms with Crippen LogP contribution in [0.5, 0.6) is 0 Å². The van der Waals surface area contributed by atoms with Crippen molar-refractivity contribution in [1.29, 1.82) is 0 Å². The number of anilines is 1. The van der Waals surface area contributed by atoms with E-state index in [2.05, 4.69) is 31.3 Å². The number of hydrogen-bond acceptors (Lipinski definition) is 5. The third-order valence-electron chi connectivity index (χ3n) is 5.07. The van der Waals surface area contributed by atoms with Gasteiger partial charge in [-0.1, -0.05) is 12.1 Å². The van der Waals surface area contributed by atoms with Crippen LogP contribution in [0.2, 0.25) is 0 Å². The molecule has 0 atom stereocenters. The molecule has 132 valence electrons. The van der Waals surface area contributed by atoms with Crippen LogP contribution < -0.4 is 5.32 Å². The number of para-hydroxylation sites is 2. The molecule has 0 fully saturated rings. The van der Waals surface area contributed by atoms with Crippen LogP contribution >= 0.6 is 11.3 Å². The zero-order chi connectivity index (χ0) is 17.3. The zero-order valence-corrected chi connectivity index (χ0v) is 15.4. The highest BCUT2D eigenvalue weighted by molar-refractivity contribution is 7.19. The molecule has 3 aromatic heterocycles. The minimum absolute atomic E-state index is 0.883. The van der Waals surface area contributed by atoms with Gasteiger partial charge in [-0.25, -0.2) is 15.0 Å². The number of hydrogen-bond donors (Lipinski definition) is 2. The van der Waals surface area contributed by atoms with Crippen LogP contribution in [0.25, 0.3) is 21.3 Å². The van der Waals surface area contributed by atoms with Crippen molar-refractivity contribution in [3.05, 3.63) is 46.9 Å².